The molecular formula is C15H24O3. The van der Waals surface area contributed by atoms with Crippen molar-refractivity contribution >= 4 is 0 Å². The molecule has 0 amide bonds. The third kappa shape index (κ3) is 3.16. The van der Waals surface area contributed by atoms with Gasteiger partial charge in [0.1, 0.15) is 11.5 Å². The molecule has 0 bridgehead atoms. The number of hydrogen-bond donors (Lipinski definition) is 1. The summed E-state index contributed by atoms with van der Waals surface area (Å²) in [6.45, 7) is 4.15. The molecule has 0 aliphatic heterocycles. The van der Waals surface area contributed by atoms with E-state index in [1.807, 2.05) is 18.2 Å². The van der Waals surface area contributed by atoms with Gasteiger partial charge in [0.15, 0.2) is 0 Å². The van der Waals surface area contributed by atoms with Crippen molar-refractivity contribution in [2.45, 2.75) is 45.1 Å². The Hall–Kier alpha value is -1.22. The van der Waals surface area contributed by atoms with E-state index >= 15 is 0 Å². The Morgan fingerprint density at radius 3 is 2.11 bits per heavy atom. The molecule has 3 heteroatoms. The predicted octanol–water partition coefficient (Wildman–Crippen LogP) is 3.49. The molecule has 0 fully saturated rings. The molecule has 1 aromatic rings. The van der Waals surface area contributed by atoms with Crippen molar-refractivity contribution in [2.75, 3.05) is 14.2 Å². The highest BCUT2D eigenvalue weighted by Gasteiger charge is 2.30. The Kier molecular flexibility index (Phi) is 5.48. The lowest BCUT2D eigenvalue weighted by molar-refractivity contribution is 0.0146. The van der Waals surface area contributed by atoms with Crippen molar-refractivity contribution in [3.63, 3.8) is 0 Å². The minimum absolute atomic E-state index is 0.722. The molecule has 0 radical (unpaired) electrons. The average molecular weight is 252 g/mol. The van der Waals surface area contributed by atoms with Crippen LogP contribution in [0.3, 0.4) is 0 Å². The molecule has 1 aromatic carbocycles. The van der Waals surface area contributed by atoms with Gasteiger partial charge in [-0.2, -0.15) is 0 Å². The van der Waals surface area contributed by atoms with Gasteiger partial charge in [0.25, 0.3) is 0 Å². The number of ether oxygens (including phenoxy) is 2. The highest BCUT2D eigenvalue weighted by atomic mass is 16.5. The number of rotatable bonds is 7. The second-order valence-electron chi connectivity index (χ2n) is 4.60. The quantitative estimate of drug-likeness (QED) is 0.807. The lowest BCUT2D eigenvalue weighted by Crippen LogP contribution is -2.26. The maximum Gasteiger partial charge on any atom is 0.125 e. The summed E-state index contributed by atoms with van der Waals surface area (Å²) in [6.07, 6.45) is 3.31. The summed E-state index contributed by atoms with van der Waals surface area (Å²) >= 11 is 0. The number of aliphatic hydroxyl groups is 1. The number of hydrogen-bond acceptors (Lipinski definition) is 3. The molecule has 0 saturated carbocycles. The van der Waals surface area contributed by atoms with Gasteiger partial charge in [0.2, 0.25) is 0 Å². The molecule has 1 N–H and O–H groups in total. The molecule has 0 heterocycles. The molecule has 0 spiro atoms. The van der Waals surface area contributed by atoms with Crippen molar-refractivity contribution in [1.29, 1.82) is 0 Å². The van der Waals surface area contributed by atoms with Gasteiger partial charge >= 0.3 is 0 Å². The predicted molar refractivity (Wildman–Crippen MR) is 73.3 cm³/mol. The van der Waals surface area contributed by atoms with Gasteiger partial charge in [-0.1, -0.05) is 26.7 Å². The van der Waals surface area contributed by atoms with E-state index in [1.54, 1.807) is 14.2 Å². The monoisotopic (exact) mass is 252 g/mol. The summed E-state index contributed by atoms with van der Waals surface area (Å²) in [7, 11) is 3.26. The Morgan fingerprint density at radius 2 is 1.67 bits per heavy atom. The molecule has 0 aromatic heterocycles. The van der Waals surface area contributed by atoms with Gasteiger partial charge in [-0.15, -0.1) is 0 Å². The smallest absolute Gasteiger partial charge is 0.125 e. The zero-order valence-electron chi connectivity index (χ0n) is 11.8. The van der Waals surface area contributed by atoms with E-state index in [0.717, 1.165) is 42.7 Å². The van der Waals surface area contributed by atoms with E-state index in [2.05, 4.69) is 13.8 Å². The summed E-state index contributed by atoms with van der Waals surface area (Å²) in [6, 6.07) is 5.58. The minimum atomic E-state index is -0.830. The highest BCUT2D eigenvalue weighted by molar-refractivity contribution is 5.43. The van der Waals surface area contributed by atoms with Crippen molar-refractivity contribution in [3.8, 4) is 11.5 Å². The van der Waals surface area contributed by atoms with E-state index in [4.69, 9.17) is 9.47 Å². The van der Waals surface area contributed by atoms with Gasteiger partial charge in [-0.25, -0.2) is 0 Å². The van der Waals surface area contributed by atoms with Crippen LogP contribution in [0.5, 0.6) is 11.5 Å². The first kappa shape index (κ1) is 14.8. The molecule has 102 valence electrons. The molecule has 18 heavy (non-hydrogen) atoms. The lowest BCUT2D eigenvalue weighted by Gasteiger charge is -2.30. The topological polar surface area (TPSA) is 38.7 Å². The third-order valence-electron chi connectivity index (χ3n) is 3.24. The minimum Gasteiger partial charge on any atom is -0.497 e. The zero-order valence-corrected chi connectivity index (χ0v) is 11.8. The van der Waals surface area contributed by atoms with E-state index in [0.29, 0.717) is 0 Å². The van der Waals surface area contributed by atoms with Crippen LogP contribution in [0.25, 0.3) is 0 Å². The van der Waals surface area contributed by atoms with E-state index < -0.39 is 5.60 Å². The van der Waals surface area contributed by atoms with Crippen LogP contribution in [-0.2, 0) is 5.60 Å². The first-order valence-corrected chi connectivity index (χ1v) is 6.56. The fourth-order valence-corrected chi connectivity index (χ4v) is 2.40. The van der Waals surface area contributed by atoms with Gasteiger partial charge in [0.05, 0.1) is 19.8 Å². The van der Waals surface area contributed by atoms with Gasteiger partial charge in [-0.3, -0.25) is 0 Å². The molecular weight excluding hydrogens is 228 g/mol. The maximum atomic E-state index is 10.9. The number of methoxy groups -OCH3 is 2. The fourth-order valence-electron chi connectivity index (χ4n) is 2.40. The molecule has 0 saturated heterocycles. The van der Waals surface area contributed by atoms with Crippen molar-refractivity contribution in [2.24, 2.45) is 0 Å². The summed E-state index contributed by atoms with van der Waals surface area (Å²) < 4.78 is 10.6. The largest absolute Gasteiger partial charge is 0.497 e. The summed E-state index contributed by atoms with van der Waals surface area (Å²) in [5.74, 6) is 1.47. The van der Waals surface area contributed by atoms with E-state index in [9.17, 15) is 5.11 Å². The van der Waals surface area contributed by atoms with Gasteiger partial charge in [-0.05, 0) is 31.0 Å². The molecule has 3 nitrogen and oxygen atoms in total. The summed E-state index contributed by atoms with van der Waals surface area (Å²) in [5.41, 5.74) is -0.00308. The SMILES string of the molecule is CCCC(O)(CCC)c1cc(OC)ccc1OC. The molecule has 0 aliphatic rings. The summed E-state index contributed by atoms with van der Waals surface area (Å²) in [5, 5.41) is 10.9. The third-order valence-corrected chi connectivity index (χ3v) is 3.24. The molecule has 1 rings (SSSR count). The molecule has 0 aliphatic carbocycles. The molecule has 0 atom stereocenters. The van der Waals surface area contributed by atoms with Crippen LogP contribution in [0, 0.1) is 0 Å². The normalized spacial score (nSPS) is 11.4. The standard InChI is InChI=1S/C15H24O3/c1-5-9-15(16,10-6-2)13-11-12(17-3)7-8-14(13)18-4/h7-8,11,16H,5-6,9-10H2,1-4H3. The lowest BCUT2D eigenvalue weighted by atomic mass is 9.84. The first-order valence-electron chi connectivity index (χ1n) is 6.56. The van der Waals surface area contributed by atoms with Crippen LogP contribution in [-0.4, -0.2) is 19.3 Å². The Balaban J connectivity index is 3.23. The van der Waals surface area contributed by atoms with Crippen LogP contribution >= 0.6 is 0 Å². The Morgan fingerprint density at radius 1 is 1.06 bits per heavy atom. The second kappa shape index (κ2) is 6.64. The Labute approximate surface area is 110 Å². The van der Waals surface area contributed by atoms with Crippen LogP contribution in [0.2, 0.25) is 0 Å². The molecule has 0 unspecified atom stereocenters. The van der Waals surface area contributed by atoms with Crippen molar-refractivity contribution < 1.29 is 14.6 Å². The maximum absolute atomic E-state index is 10.9. The van der Waals surface area contributed by atoms with Gasteiger partial charge in [0, 0.05) is 5.56 Å². The Bertz CT molecular complexity index is 368. The van der Waals surface area contributed by atoms with Crippen LogP contribution in [0.1, 0.15) is 45.1 Å². The fraction of sp³-hybridized carbons (Fsp3) is 0.600. The highest BCUT2D eigenvalue weighted by Crippen LogP contribution is 2.39. The van der Waals surface area contributed by atoms with E-state index in [-0.39, 0.29) is 0 Å². The van der Waals surface area contributed by atoms with Crippen LogP contribution in [0.4, 0.5) is 0 Å². The number of benzene rings is 1. The van der Waals surface area contributed by atoms with E-state index in [1.165, 1.54) is 0 Å². The van der Waals surface area contributed by atoms with Crippen molar-refractivity contribution in [1.82, 2.24) is 0 Å². The zero-order chi connectivity index (χ0) is 13.6. The van der Waals surface area contributed by atoms with Crippen molar-refractivity contribution in [3.05, 3.63) is 23.8 Å². The first-order chi connectivity index (χ1) is 8.61. The summed E-state index contributed by atoms with van der Waals surface area (Å²) in [4.78, 5) is 0. The van der Waals surface area contributed by atoms with Crippen LogP contribution in [0.15, 0.2) is 18.2 Å². The second-order valence-corrected chi connectivity index (χ2v) is 4.60. The van der Waals surface area contributed by atoms with Gasteiger partial charge < -0.3 is 14.6 Å². The average Bonchev–Trinajstić information content (AvgIpc) is 2.38. The van der Waals surface area contributed by atoms with Crippen LogP contribution < -0.4 is 9.47 Å².